The van der Waals surface area contributed by atoms with E-state index in [-0.39, 0.29) is 0 Å². The highest BCUT2D eigenvalue weighted by Crippen LogP contribution is 2.38. The molecule has 0 fully saturated rings. The lowest BCUT2D eigenvalue weighted by Crippen LogP contribution is -2.19. The molecule has 2 heteroatoms. The van der Waals surface area contributed by atoms with Crippen molar-refractivity contribution in [3.05, 3.63) is 41.0 Å². The zero-order valence-electron chi connectivity index (χ0n) is 16.1. The van der Waals surface area contributed by atoms with Crippen molar-refractivity contribution < 1.29 is 0 Å². The molecule has 0 heterocycles. The van der Waals surface area contributed by atoms with E-state index in [0.29, 0.717) is 0 Å². The molecule has 0 bridgehead atoms. The SMILES string of the molecule is C=Cc1c(N=C(C)CN(C)C)cc(C)c(CC)c1C1=CCCCC1. The van der Waals surface area contributed by atoms with Gasteiger partial charge >= 0.3 is 0 Å². The Morgan fingerprint density at radius 3 is 2.62 bits per heavy atom. The Morgan fingerprint density at radius 1 is 1.33 bits per heavy atom. The van der Waals surface area contributed by atoms with Gasteiger partial charge < -0.3 is 4.90 Å². The fraction of sp³-hybridized carbons (Fsp3) is 0.500. The summed E-state index contributed by atoms with van der Waals surface area (Å²) in [5, 5.41) is 0. The van der Waals surface area contributed by atoms with Crippen LogP contribution in [0, 0.1) is 6.92 Å². The van der Waals surface area contributed by atoms with E-state index in [1.54, 1.807) is 0 Å². The Bertz CT molecular complexity index is 663. The molecule has 0 saturated heterocycles. The van der Waals surface area contributed by atoms with Crippen LogP contribution in [0.5, 0.6) is 0 Å². The summed E-state index contributed by atoms with van der Waals surface area (Å²) in [6.45, 7) is 11.6. The Morgan fingerprint density at radius 2 is 2.08 bits per heavy atom. The Hall–Kier alpha value is -1.67. The third-order valence-corrected chi connectivity index (χ3v) is 4.70. The second-order valence-corrected chi connectivity index (χ2v) is 7.10. The molecule has 0 atom stereocenters. The molecule has 2 rings (SSSR count). The summed E-state index contributed by atoms with van der Waals surface area (Å²) in [4.78, 5) is 7.10. The van der Waals surface area contributed by atoms with Gasteiger partial charge in [-0.15, -0.1) is 0 Å². The van der Waals surface area contributed by atoms with Crippen LogP contribution < -0.4 is 0 Å². The quantitative estimate of drug-likeness (QED) is 0.603. The van der Waals surface area contributed by atoms with Gasteiger partial charge in [0.25, 0.3) is 0 Å². The van der Waals surface area contributed by atoms with Crippen LogP contribution in [0.2, 0.25) is 0 Å². The molecule has 0 radical (unpaired) electrons. The van der Waals surface area contributed by atoms with E-state index >= 15 is 0 Å². The smallest absolute Gasteiger partial charge is 0.0710 e. The van der Waals surface area contributed by atoms with Crippen LogP contribution in [0.4, 0.5) is 5.69 Å². The van der Waals surface area contributed by atoms with Gasteiger partial charge in [-0.05, 0) is 88.4 Å². The Labute approximate surface area is 148 Å². The maximum Gasteiger partial charge on any atom is 0.0710 e. The van der Waals surface area contributed by atoms with Gasteiger partial charge in [0, 0.05) is 17.8 Å². The van der Waals surface area contributed by atoms with E-state index in [2.05, 4.69) is 58.5 Å². The number of aryl methyl sites for hydroxylation is 1. The lowest BCUT2D eigenvalue weighted by Gasteiger charge is -2.22. The minimum absolute atomic E-state index is 0.878. The molecular formula is C22H32N2. The van der Waals surface area contributed by atoms with E-state index in [9.17, 15) is 0 Å². The second-order valence-electron chi connectivity index (χ2n) is 7.10. The molecule has 1 aromatic rings. The highest BCUT2D eigenvalue weighted by atomic mass is 15.1. The minimum atomic E-state index is 0.878. The van der Waals surface area contributed by atoms with Crippen molar-refractivity contribution in [1.29, 1.82) is 0 Å². The second kappa shape index (κ2) is 8.43. The highest BCUT2D eigenvalue weighted by Gasteiger charge is 2.18. The lowest BCUT2D eigenvalue weighted by molar-refractivity contribution is 0.469. The fourth-order valence-corrected chi connectivity index (χ4v) is 3.74. The van der Waals surface area contributed by atoms with Crippen LogP contribution in [0.1, 0.15) is 61.8 Å². The van der Waals surface area contributed by atoms with Crippen molar-refractivity contribution in [1.82, 2.24) is 4.90 Å². The van der Waals surface area contributed by atoms with Crippen molar-refractivity contribution in [2.75, 3.05) is 20.6 Å². The van der Waals surface area contributed by atoms with Crippen LogP contribution >= 0.6 is 0 Å². The molecule has 130 valence electrons. The summed E-state index contributed by atoms with van der Waals surface area (Å²) >= 11 is 0. The third kappa shape index (κ3) is 4.24. The Kier molecular flexibility index (Phi) is 6.56. The van der Waals surface area contributed by atoms with E-state index in [1.165, 1.54) is 53.5 Å². The first kappa shape index (κ1) is 18.7. The van der Waals surface area contributed by atoms with Gasteiger partial charge in [-0.3, -0.25) is 4.99 Å². The molecule has 0 aliphatic heterocycles. The van der Waals surface area contributed by atoms with Crippen molar-refractivity contribution in [3.8, 4) is 0 Å². The van der Waals surface area contributed by atoms with Gasteiger partial charge in [0.2, 0.25) is 0 Å². The third-order valence-electron chi connectivity index (χ3n) is 4.70. The van der Waals surface area contributed by atoms with Crippen molar-refractivity contribution >= 4 is 23.0 Å². The number of allylic oxidation sites excluding steroid dienone is 2. The summed E-state index contributed by atoms with van der Waals surface area (Å²) in [5.41, 5.74) is 9.13. The number of aliphatic imine (C=N–C) groups is 1. The number of hydrogen-bond acceptors (Lipinski definition) is 2. The molecular weight excluding hydrogens is 292 g/mol. The lowest BCUT2D eigenvalue weighted by atomic mass is 9.84. The van der Waals surface area contributed by atoms with E-state index in [4.69, 9.17) is 4.99 Å². The monoisotopic (exact) mass is 324 g/mol. The molecule has 1 aromatic carbocycles. The topological polar surface area (TPSA) is 15.6 Å². The van der Waals surface area contributed by atoms with Crippen molar-refractivity contribution in [2.24, 2.45) is 4.99 Å². The number of benzene rings is 1. The van der Waals surface area contributed by atoms with Gasteiger partial charge in [-0.1, -0.05) is 25.7 Å². The summed E-state index contributed by atoms with van der Waals surface area (Å²) in [6, 6.07) is 2.24. The normalized spacial score (nSPS) is 15.6. The first-order valence-corrected chi connectivity index (χ1v) is 9.15. The van der Waals surface area contributed by atoms with Gasteiger partial charge in [0.05, 0.1) is 5.69 Å². The minimum Gasteiger partial charge on any atom is -0.304 e. The predicted molar refractivity (Wildman–Crippen MR) is 108 cm³/mol. The maximum atomic E-state index is 4.94. The van der Waals surface area contributed by atoms with Crippen LogP contribution in [-0.2, 0) is 6.42 Å². The zero-order valence-corrected chi connectivity index (χ0v) is 16.1. The van der Waals surface area contributed by atoms with E-state index in [0.717, 1.165) is 24.4 Å². The van der Waals surface area contributed by atoms with Crippen LogP contribution in [0.25, 0.3) is 11.6 Å². The summed E-state index contributed by atoms with van der Waals surface area (Å²) in [7, 11) is 4.16. The first-order valence-electron chi connectivity index (χ1n) is 9.15. The molecule has 0 unspecified atom stereocenters. The highest BCUT2D eigenvalue weighted by molar-refractivity contribution is 5.90. The van der Waals surface area contributed by atoms with Gasteiger partial charge in [0.15, 0.2) is 0 Å². The van der Waals surface area contributed by atoms with Crippen molar-refractivity contribution in [2.45, 2.75) is 52.9 Å². The average Bonchev–Trinajstić information content (AvgIpc) is 2.54. The van der Waals surface area contributed by atoms with Gasteiger partial charge in [-0.2, -0.15) is 0 Å². The molecule has 0 N–H and O–H groups in total. The number of hydrogen-bond donors (Lipinski definition) is 0. The number of rotatable bonds is 6. The molecule has 24 heavy (non-hydrogen) atoms. The van der Waals surface area contributed by atoms with Gasteiger partial charge in [0.1, 0.15) is 0 Å². The maximum absolute atomic E-state index is 4.94. The fourth-order valence-electron chi connectivity index (χ4n) is 3.74. The van der Waals surface area contributed by atoms with Gasteiger partial charge in [-0.25, -0.2) is 0 Å². The van der Waals surface area contributed by atoms with Crippen LogP contribution in [-0.4, -0.2) is 31.3 Å². The molecule has 1 aliphatic rings. The van der Waals surface area contributed by atoms with Crippen molar-refractivity contribution in [3.63, 3.8) is 0 Å². The zero-order chi connectivity index (χ0) is 17.7. The molecule has 0 amide bonds. The Balaban J connectivity index is 2.63. The molecule has 2 nitrogen and oxygen atoms in total. The largest absolute Gasteiger partial charge is 0.304 e. The number of nitrogens with zero attached hydrogens (tertiary/aromatic N) is 2. The van der Waals surface area contributed by atoms with Crippen LogP contribution in [0.3, 0.4) is 0 Å². The first-order chi connectivity index (χ1) is 11.5. The average molecular weight is 325 g/mol. The summed E-state index contributed by atoms with van der Waals surface area (Å²) < 4.78 is 0. The molecule has 0 saturated carbocycles. The predicted octanol–water partition coefficient (Wildman–Crippen LogP) is 5.81. The van der Waals surface area contributed by atoms with E-state index in [1.807, 2.05) is 6.08 Å². The standard InChI is InChI=1S/C22H32N2/c1-7-19-16(3)14-21(23-17(4)15-24(5)6)20(8-2)22(19)18-12-10-9-11-13-18/h8,12,14H,2,7,9-11,13,15H2,1,3-6H3. The summed E-state index contributed by atoms with van der Waals surface area (Å²) in [6.07, 6.45) is 10.5. The molecule has 0 aromatic heterocycles. The molecule has 0 spiro atoms. The summed E-state index contributed by atoms with van der Waals surface area (Å²) in [5.74, 6) is 0. The van der Waals surface area contributed by atoms with E-state index < -0.39 is 0 Å². The van der Waals surface area contributed by atoms with Crippen LogP contribution in [0.15, 0.2) is 23.7 Å². The molecule has 1 aliphatic carbocycles.